The summed E-state index contributed by atoms with van der Waals surface area (Å²) in [6, 6.07) is 10.1. The van der Waals surface area contributed by atoms with Gasteiger partial charge in [0.05, 0.1) is 15.4 Å². The van der Waals surface area contributed by atoms with Gasteiger partial charge in [-0.15, -0.1) is 11.8 Å². The second-order valence-corrected chi connectivity index (χ2v) is 8.65. The Morgan fingerprint density at radius 1 is 1.14 bits per heavy atom. The van der Waals surface area contributed by atoms with Gasteiger partial charge in [0, 0.05) is 22.3 Å². The predicted molar refractivity (Wildman–Crippen MR) is 97.3 cm³/mol. The molecule has 0 bridgehead atoms. The van der Waals surface area contributed by atoms with Crippen molar-refractivity contribution in [3.63, 3.8) is 0 Å². The lowest BCUT2D eigenvalue weighted by atomic mass is 10.1. The van der Waals surface area contributed by atoms with Crippen molar-refractivity contribution in [2.45, 2.75) is 17.4 Å². The Morgan fingerprint density at radius 2 is 1.86 bits per heavy atom. The first kappa shape index (κ1) is 15.7. The monoisotopic (exact) mass is 400 g/mol. The van der Waals surface area contributed by atoms with Gasteiger partial charge in [-0.2, -0.15) is 11.8 Å². The molecule has 3 rings (SSSR count). The molecule has 21 heavy (non-hydrogen) atoms. The Morgan fingerprint density at radius 3 is 2.57 bits per heavy atom. The first-order valence-electron chi connectivity index (χ1n) is 6.68. The van der Waals surface area contributed by atoms with Crippen LogP contribution in [0.5, 0.6) is 0 Å². The van der Waals surface area contributed by atoms with E-state index in [0.29, 0.717) is 15.7 Å². The van der Waals surface area contributed by atoms with E-state index in [2.05, 4.69) is 27.8 Å². The lowest BCUT2D eigenvalue weighted by Crippen LogP contribution is -2.18. The van der Waals surface area contributed by atoms with Crippen LogP contribution in [-0.2, 0) is 0 Å². The van der Waals surface area contributed by atoms with E-state index in [-0.39, 0.29) is 0 Å². The van der Waals surface area contributed by atoms with E-state index < -0.39 is 0 Å². The minimum Gasteiger partial charge on any atom is -0.230 e. The molecule has 0 spiro atoms. The largest absolute Gasteiger partial charge is 0.230 e. The van der Waals surface area contributed by atoms with E-state index in [9.17, 15) is 0 Å². The molecule has 0 N–H and O–H groups in total. The molecule has 2 atom stereocenters. The molecule has 2 unspecified atom stereocenters. The lowest BCUT2D eigenvalue weighted by molar-refractivity contribution is 0.823. The van der Waals surface area contributed by atoms with Gasteiger partial charge < -0.3 is 0 Å². The Labute approximate surface area is 146 Å². The number of rotatable bonds is 2. The predicted octanol–water partition coefficient (Wildman–Crippen LogP) is 5.47. The minimum absolute atomic E-state index is 0.303. The van der Waals surface area contributed by atoms with E-state index in [1.807, 2.05) is 53.9 Å². The third kappa shape index (κ3) is 3.41. The molecule has 1 aromatic heterocycles. The SMILES string of the molecule is CC1SCCSC1c1nc(Cl)c(Br)c(-c2ccccc2)n1. The highest BCUT2D eigenvalue weighted by Gasteiger charge is 2.28. The van der Waals surface area contributed by atoms with Crippen molar-refractivity contribution in [2.24, 2.45) is 0 Å². The van der Waals surface area contributed by atoms with Crippen LogP contribution in [0.2, 0.25) is 5.15 Å². The summed E-state index contributed by atoms with van der Waals surface area (Å²) < 4.78 is 0.764. The topological polar surface area (TPSA) is 25.8 Å². The van der Waals surface area contributed by atoms with Gasteiger partial charge in [0.2, 0.25) is 0 Å². The second kappa shape index (κ2) is 6.90. The van der Waals surface area contributed by atoms with Crippen molar-refractivity contribution >= 4 is 51.1 Å². The van der Waals surface area contributed by atoms with Gasteiger partial charge in [-0.25, -0.2) is 9.97 Å². The number of halogens is 2. The number of hydrogen-bond donors (Lipinski definition) is 0. The fourth-order valence-corrected chi connectivity index (χ4v) is 5.54. The normalized spacial score (nSPS) is 22.2. The first-order valence-corrected chi connectivity index (χ1v) is 9.95. The van der Waals surface area contributed by atoms with Crippen LogP contribution in [0.15, 0.2) is 34.8 Å². The molecule has 1 aromatic carbocycles. The van der Waals surface area contributed by atoms with Crippen LogP contribution in [0.25, 0.3) is 11.3 Å². The molecule has 0 radical (unpaired) electrons. The highest BCUT2D eigenvalue weighted by molar-refractivity contribution is 9.10. The van der Waals surface area contributed by atoms with Crippen LogP contribution >= 0.6 is 51.1 Å². The highest BCUT2D eigenvalue weighted by Crippen LogP contribution is 2.43. The summed E-state index contributed by atoms with van der Waals surface area (Å²) in [5, 5.41) is 1.30. The van der Waals surface area contributed by atoms with E-state index in [4.69, 9.17) is 16.6 Å². The molecular weight excluding hydrogens is 388 g/mol. The minimum atomic E-state index is 0.303. The van der Waals surface area contributed by atoms with Crippen molar-refractivity contribution in [3.8, 4) is 11.3 Å². The second-order valence-electron chi connectivity index (χ2n) is 4.77. The van der Waals surface area contributed by atoms with Crippen molar-refractivity contribution in [3.05, 3.63) is 45.8 Å². The van der Waals surface area contributed by atoms with E-state index >= 15 is 0 Å². The Kier molecular flexibility index (Phi) is 5.15. The third-order valence-electron chi connectivity index (χ3n) is 3.32. The molecule has 0 aliphatic carbocycles. The summed E-state index contributed by atoms with van der Waals surface area (Å²) in [6.45, 7) is 2.24. The molecule has 1 aliphatic rings. The molecule has 2 nitrogen and oxygen atoms in total. The zero-order valence-electron chi connectivity index (χ0n) is 11.4. The summed E-state index contributed by atoms with van der Waals surface area (Å²) in [6.07, 6.45) is 0. The number of benzene rings is 1. The van der Waals surface area contributed by atoms with Crippen LogP contribution in [0.1, 0.15) is 18.0 Å². The third-order valence-corrected chi connectivity index (χ3v) is 7.66. The number of hydrogen-bond acceptors (Lipinski definition) is 4. The quantitative estimate of drug-likeness (QED) is 0.623. The Balaban J connectivity index is 2.05. The molecule has 110 valence electrons. The van der Waals surface area contributed by atoms with E-state index in [1.165, 1.54) is 5.75 Å². The van der Waals surface area contributed by atoms with Gasteiger partial charge in [-0.1, -0.05) is 48.9 Å². The van der Waals surface area contributed by atoms with Gasteiger partial charge in [-0.3, -0.25) is 0 Å². The Hall–Kier alpha value is -0.230. The number of thioether (sulfide) groups is 2. The van der Waals surface area contributed by atoms with Gasteiger partial charge in [-0.05, 0) is 15.9 Å². The average molecular weight is 402 g/mol. The van der Waals surface area contributed by atoms with Gasteiger partial charge >= 0.3 is 0 Å². The molecule has 1 saturated heterocycles. The van der Waals surface area contributed by atoms with Crippen LogP contribution in [0.3, 0.4) is 0 Å². The summed E-state index contributed by atoms with van der Waals surface area (Å²) >= 11 is 13.7. The summed E-state index contributed by atoms with van der Waals surface area (Å²) in [5.41, 5.74) is 1.92. The zero-order valence-corrected chi connectivity index (χ0v) is 15.4. The number of aromatic nitrogens is 2. The van der Waals surface area contributed by atoms with E-state index in [1.54, 1.807) is 0 Å². The molecule has 2 aromatic rings. The van der Waals surface area contributed by atoms with Crippen molar-refractivity contribution < 1.29 is 0 Å². The van der Waals surface area contributed by atoms with Crippen LogP contribution in [0, 0.1) is 0 Å². The molecular formula is C15H14BrClN2S2. The highest BCUT2D eigenvalue weighted by atomic mass is 79.9. The molecule has 1 fully saturated rings. The van der Waals surface area contributed by atoms with E-state index in [0.717, 1.165) is 27.3 Å². The fraction of sp³-hybridized carbons (Fsp3) is 0.333. The van der Waals surface area contributed by atoms with Crippen molar-refractivity contribution in [2.75, 3.05) is 11.5 Å². The molecule has 2 heterocycles. The summed E-state index contributed by atoms with van der Waals surface area (Å²) in [5.74, 6) is 3.17. The van der Waals surface area contributed by atoms with Crippen molar-refractivity contribution in [1.29, 1.82) is 0 Å². The smallest absolute Gasteiger partial charge is 0.147 e. The standard InChI is InChI=1S/C15H14BrClN2S2/c1-9-13(21-8-7-20-9)15-18-12(11(16)14(17)19-15)10-5-3-2-4-6-10/h2-6,9,13H,7-8H2,1H3. The first-order chi connectivity index (χ1) is 10.2. The molecule has 1 aliphatic heterocycles. The van der Waals surface area contributed by atoms with Crippen molar-refractivity contribution in [1.82, 2.24) is 9.97 Å². The number of nitrogens with zero attached hydrogens (tertiary/aromatic N) is 2. The van der Waals surface area contributed by atoms with Gasteiger partial charge in [0.1, 0.15) is 11.0 Å². The zero-order chi connectivity index (χ0) is 14.8. The lowest BCUT2D eigenvalue weighted by Gasteiger charge is -2.27. The fourth-order valence-electron chi connectivity index (χ4n) is 2.27. The molecule has 0 amide bonds. The average Bonchev–Trinajstić information content (AvgIpc) is 2.51. The molecule has 6 heteroatoms. The maximum absolute atomic E-state index is 6.32. The summed E-state index contributed by atoms with van der Waals surface area (Å²) in [7, 11) is 0. The maximum atomic E-state index is 6.32. The van der Waals surface area contributed by atoms with Gasteiger partial charge in [0.15, 0.2) is 0 Å². The van der Waals surface area contributed by atoms with Gasteiger partial charge in [0.25, 0.3) is 0 Å². The van der Waals surface area contributed by atoms with Crippen LogP contribution in [-0.4, -0.2) is 26.7 Å². The Bertz CT molecular complexity index is 639. The molecule has 0 saturated carbocycles. The summed E-state index contributed by atoms with van der Waals surface area (Å²) in [4.78, 5) is 9.31. The van der Waals surface area contributed by atoms with Crippen LogP contribution < -0.4 is 0 Å². The van der Waals surface area contributed by atoms with Crippen LogP contribution in [0.4, 0.5) is 0 Å². The maximum Gasteiger partial charge on any atom is 0.147 e.